The van der Waals surface area contributed by atoms with Crippen molar-refractivity contribution in [1.29, 1.82) is 0 Å². The molecule has 0 saturated heterocycles. The molecule has 1 aliphatic rings. The summed E-state index contributed by atoms with van der Waals surface area (Å²) in [7, 11) is 0. The minimum atomic E-state index is 0.367. The molecule has 1 saturated carbocycles. The Labute approximate surface area is 129 Å². The molecule has 3 aromatic rings. The van der Waals surface area contributed by atoms with E-state index in [-0.39, 0.29) is 0 Å². The second-order valence-electron chi connectivity index (χ2n) is 6.35. The van der Waals surface area contributed by atoms with Gasteiger partial charge < -0.3 is 0 Å². The largest absolute Gasteiger partial charge is 0.244 e. The molecule has 0 aliphatic heterocycles. The molecule has 0 unspecified atom stereocenters. The van der Waals surface area contributed by atoms with Crippen molar-refractivity contribution in [3.63, 3.8) is 0 Å². The van der Waals surface area contributed by atoms with Crippen LogP contribution >= 0.6 is 11.3 Å². The van der Waals surface area contributed by atoms with Crippen LogP contribution in [-0.2, 0) is 5.41 Å². The first kappa shape index (κ1) is 13.0. The van der Waals surface area contributed by atoms with E-state index in [2.05, 4.69) is 54.4 Å². The summed E-state index contributed by atoms with van der Waals surface area (Å²) in [5.74, 6) is 0. The number of nitrogens with zero attached hydrogens (tertiary/aromatic N) is 1. The Kier molecular flexibility index (Phi) is 3.07. The normalized spacial score (nSPS) is 17.4. The standard InChI is InChI=1S/C19H19NS/c1-19(10-2-3-11-19)15-7-4-6-14(12-15)16-8-5-9-17-18(16)20-13-21-17/h4-9,12-13H,2-3,10-11H2,1H3. The van der Waals surface area contributed by atoms with Crippen LogP contribution in [0, 0.1) is 0 Å². The molecule has 0 N–H and O–H groups in total. The Balaban J connectivity index is 1.84. The maximum Gasteiger partial charge on any atom is 0.0890 e. The lowest BCUT2D eigenvalue weighted by atomic mass is 9.80. The molecule has 1 nitrogen and oxygen atoms in total. The van der Waals surface area contributed by atoms with Gasteiger partial charge in [0.1, 0.15) is 0 Å². The van der Waals surface area contributed by atoms with E-state index in [1.807, 2.05) is 5.51 Å². The smallest absolute Gasteiger partial charge is 0.0890 e. The molecule has 1 fully saturated rings. The van der Waals surface area contributed by atoms with Crippen LogP contribution in [0.5, 0.6) is 0 Å². The maximum atomic E-state index is 4.56. The average molecular weight is 293 g/mol. The van der Waals surface area contributed by atoms with E-state index in [0.29, 0.717) is 5.41 Å². The van der Waals surface area contributed by atoms with Crippen LogP contribution in [0.4, 0.5) is 0 Å². The summed E-state index contributed by atoms with van der Waals surface area (Å²) in [5, 5.41) is 0. The van der Waals surface area contributed by atoms with E-state index < -0.39 is 0 Å². The summed E-state index contributed by atoms with van der Waals surface area (Å²) in [6.07, 6.45) is 5.36. The van der Waals surface area contributed by atoms with Gasteiger partial charge in [0.2, 0.25) is 0 Å². The van der Waals surface area contributed by atoms with Gasteiger partial charge in [0.25, 0.3) is 0 Å². The van der Waals surface area contributed by atoms with E-state index in [0.717, 1.165) is 5.52 Å². The van der Waals surface area contributed by atoms with Gasteiger partial charge in [-0.15, -0.1) is 11.3 Å². The van der Waals surface area contributed by atoms with Gasteiger partial charge in [0, 0.05) is 5.56 Å². The molecule has 21 heavy (non-hydrogen) atoms. The van der Waals surface area contributed by atoms with Gasteiger partial charge in [-0.05, 0) is 35.4 Å². The molecule has 0 bridgehead atoms. The van der Waals surface area contributed by atoms with E-state index in [4.69, 9.17) is 0 Å². The molecule has 1 heterocycles. The van der Waals surface area contributed by atoms with Gasteiger partial charge >= 0.3 is 0 Å². The minimum absolute atomic E-state index is 0.367. The molecule has 1 aromatic heterocycles. The zero-order valence-electron chi connectivity index (χ0n) is 12.3. The molecule has 4 rings (SSSR count). The topological polar surface area (TPSA) is 12.9 Å². The number of para-hydroxylation sites is 1. The molecular formula is C19H19NS. The fourth-order valence-corrected chi connectivity index (χ4v) is 4.33. The van der Waals surface area contributed by atoms with Crippen LogP contribution in [0.25, 0.3) is 21.3 Å². The van der Waals surface area contributed by atoms with Crippen molar-refractivity contribution in [2.45, 2.75) is 38.0 Å². The van der Waals surface area contributed by atoms with Gasteiger partial charge in [0.05, 0.1) is 15.7 Å². The predicted molar refractivity (Wildman–Crippen MR) is 90.9 cm³/mol. The Morgan fingerprint density at radius 1 is 1.05 bits per heavy atom. The monoisotopic (exact) mass is 293 g/mol. The third-order valence-electron chi connectivity index (χ3n) is 4.94. The number of benzene rings is 2. The number of fused-ring (bicyclic) bond motifs is 1. The van der Waals surface area contributed by atoms with Gasteiger partial charge in [-0.25, -0.2) is 4.98 Å². The zero-order valence-corrected chi connectivity index (χ0v) is 13.1. The first-order chi connectivity index (χ1) is 10.3. The van der Waals surface area contributed by atoms with Crippen LogP contribution in [0.1, 0.15) is 38.2 Å². The quantitative estimate of drug-likeness (QED) is 0.582. The number of rotatable bonds is 2. The molecule has 0 atom stereocenters. The summed E-state index contributed by atoms with van der Waals surface area (Å²) >= 11 is 1.71. The van der Waals surface area contributed by atoms with Crippen LogP contribution in [-0.4, -0.2) is 4.98 Å². The summed E-state index contributed by atoms with van der Waals surface area (Å²) in [6.45, 7) is 2.42. The van der Waals surface area contributed by atoms with Gasteiger partial charge in [-0.1, -0.05) is 56.2 Å². The van der Waals surface area contributed by atoms with Crippen LogP contribution in [0.15, 0.2) is 48.0 Å². The maximum absolute atomic E-state index is 4.56. The molecule has 1 aliphatic carbocycles. The fourth-order valence-electron chi connectivity index (χ4n) is 3.63. The predicted octanol–water partition coefficient (Wildman–Crippen LogP) is 5.80. The van der Waals surface area contributed by atoms with Crippen LogP contribution in [0.3, 0.4) is 0 Å². The highest BCUT2D eigenvalue weighted by atomic mass is 32.1. The number of aromatic nitrogens is 1. The Bertz CT molecular complexity index is 781. The second kappa shape index (κ2) is 4.96. The van der Waals surface area contributed by atoms with Gasteiger partial charge in [-0.3, -0.25) is 0 Å². The van der Waals surface area contributed by atoms with Crippen molar-refractivity contribution in [2.24, 2.45) is 0 Å². The average Bonchev–Trinajstić information content (AvgIpc) is 3.16. The van der Waals surface area contributed by atoms with E-state index in [1.54, 1.807) is 11.3 Å². The summed E-state index contributed by atoms with van der Waals surface area (Å²) in [4.78, 5) is 4.56. The lowest BCUT2D eigenvalue weighted by Gasteiger charge is -2.24. The second-order valence-corrected chi connectivity index (χ2v) is 7.24. The van der Waals surface area contributed by atoms with E-state index >= 15 is 0 Å². The van der Waals surface area contributed by atoms with Crippen molar-refractivity contribution in [1.82, 2.24) is 4.98 Å². The molecule has 2 heteroatoms. The SMILES string of the molecule is CC1(c2cccc(-c3cccc4scnc34)c2)CCCC1. The number of thiazole rings is 1. The van der Waals surface area contributed by atoms with Gasteiger partial charge in [0.15, 0.2) is 0 Å². The molecule has 0 spiro atoms. The van der Waals surface area contributed by atoms with Gasteiger partial charge in [-0.2, -0.15) is 0 Å². The lowest BCUT2D eigenvalue weighted by Crippen LogP contribution is -2.16. The van der Waals surface area contributed by atoms with Crippen molar-refractivity contribution in [3.05, 3.63) is 53.5 Å². The Hall–Kier alpha value is -1.67. The number of hydrogen-bond acceptors (Lipinski definition) is 2. The summed E-state index contributed by atoms with van der Waals surface area (Å²) in [6, 6.07) is 15.6. The highest BCUT2D eigenvalue weighted by molar-refractivity contribution is 7.16. The first-order valence-corrected chi connectivity index (χ1v) is 8.57. The molecular weight excluding hydrogens is 274 g/mol. The van der Waals surface area contributed by atoms with Crippen molar-refractivity contribution in [2.75, 3.05) is 0 Å². The van der Waals surface area contributed by atoms with Crippen LogP contribution in [0.2, 0.25) is 0 Å². The minimum Gasteiger partial charge on any atom is -0.244 e. The summed E-state index contributed by atoms with van der Waals surface area (Å²) < 4.78 is 1.27. The molecule has 0 amide bonds. The molecule has 2 aromatic carbocycles. The summed E-state index contributed by atoms with van der Waals surface area (Å²) in [5.41, 5.74) is 7.50. The van der Waals surface area contributed by atoms with Crippen LogP contribution < -0.4 is 0 Å². The molecule has 106 valence electrons. The van der Waals surface area contributed by atoms with Crippen molar-refractivity contribution < 1.29 is 0 Å². The third kappa shape index (κ3) is 2.18. The van der Waals surface area contributed by atoms with E-state index in [9.17, 15) is 0 Å². The Morgan fingerprint density at radius 3 is 2.71 bits per heavy atom. The highest BCUT2D eigenvalue weighted by Gasteiger charge is 2.30. The number of hydrogen-bond donors (Lipinski definition) is 0. The zero-order chi connectivity index (χ0) is 14.3. The lowest BCUT2D eigenvalue weighted by molar-refractivity contribution is 0.491. The van der Waals surface area contributed by atoms with Crippen molar-refractivity contribution >= 4 is 21.6 Å². The highest BCUT2D eigenvalue weighted by Crippen LogP contribution is 2.42. The Morgan fingerprint density at radius 2 is 1.86 bits per heavy atom. The third-order valence-corrected chi connectivity index (χ3v) is 5.73. The molecule has 0 radical (unpaired) electrons. The van der Waals surface area contributed by atoms with Crippen molar-refractivity contribution in [3.8, 4) is 11.1 Å². The fraction of sp³-hybridized carbons (Fsp3) is 0.316. The van der Waals surface area contributed by atoms with E-state index in [1.165, 1.54) is 47.1 Å². The first-order valence-electron chi connectivity index (χ1n) is 7.69.